The summed E-state index contributed by atoms with van der Waals surface area (Å²) in [7, 11) is 0. The molecule has 27 heavy (non-hydrogen) atoms. The minimum absolute atomic E-state index is 0.161. The highest BCUT2D eigenvalue weighted by molar-refractivity contribution is 8.02. The molecule has 1 aromatic carbocycles. The first-order chi connectivity index (χ1) is 13.0. The molecule has 142 valence electrons. The summed E-state index contributed by atoms with van der Waals surface area (Å²) in [6.07, 6.45) is 0.928. The van der Waals surface area contributed by atoms with Crippen LogP contribution in [0.15, 0.2) is 40.1 Å². The second kappa shape index (κ2) is 9.50. The number of anilines is 2. The first-order valence-corrected chi connectivity index (χ1v) is 11.0. The summed E-state index contributed by atoms with van der Waals surface area (Å²) in [5.41, 5.74) is 0.378. The number of aromatic nitrogens is 2. The van der Waals surface area contributed by atoms with E-state index in [9.17, 15) is 9.18 Å². The molecule has 1 unspecified atom stereocenters. The predicted molar refractivity (Wildman–Crippen MR) is 112 cm³/mol. The lowest BCUT2D eigenvalue weighted by atomic mass is 10.3. The third kappa shape index (κ3) is 5.90. The number of thiophene rings is 1. The Morgan fingerprint density at radius 3 is 2.96 bits per heavy atom. The van der Waals surface area contributed by atoms with Crippen LogP contribution in [0, 0.1) is 5.82 Å². The number of nitrogens with zero attached hydrogens (tertiary/aromatic N) is 2. The average molecular weight is 443 g/mol. The Bertz CT molecular complexity index is 903. The van der Waals surface area contributed by atoms with E-state index >= 15 is 0 Å². The van der Waals surface area contributed by atoms with E-state index in [0.717, 1.165) is 24.2 Å². The maximum atomic E-state index is 13.1. The molecule has 0 aliphatic carbocycles. The van der Waals surface area contributed by atoms with Crippen LogP contribution in [-0.2, 0) is 11.2 Å². The van der Waals surface area contributed by atoms with Gasteiger partial charge in [-0.2, -0.15) is 0 Å². The molecule has 0 bridgehead atoms. The van der Waals surface area contributed by atoms with Crippen molar-refractivity contribution in [2.24, 2.45) is 0 Å². The van der Waals surface area contributed by atoms with Gasteiger partial charge in [0.15, 0.2) is 4.34 Å². The van der Waals surface area contributed by atoms with E-state index in [0.29, 0.717) is 10.0 Å². The van der Waals surface area contributed by atoms with Gasteiger partial charge in [-0.05, 0) is 43.0 Å². The van der Waals surface area contributed by atoms with Crippen LogP contribution < -0.4 is 10.6 Å². The quantitative estimate of drug-likeness (QED) is 0.471. The minimum atomic E-state index is -0.451. The third-order valence-corrected chi connectivity index (χ3v) is 6.78. The predicted octanol–water partition coefficient (Wildman–Crippen LogP) is 5.17. The summed E-state index contributed by atoms with van der Waals surface area (Å²) in [4.78, 5) is 13.6. The fourth-order valence-corrected chi connectivity index (χ4v) is 4.95. The van der Waals surface area contributed by atoms with Gasteiger partial charge in [0.1, 0.15) is 5.82 Å². The average Bonchev–Trinajstić information content (AvgIpc) is 3.29. The zero-order valence-corrected chi connectivity index (χ0v) is 17.4. The van der Waals surface area contributed by atoms with Crippen molar-refractivity contribution in [3.63, 3.8) is 0 Å². The van der Waals surface area contributed by atoms with Crippen molar-refractivity contribution in [2.45, 2.75) is 22.9 Å². The number of hydrogen-bond acceptors (Lipinski definition) is 7. The summed E-state index contributed by atoms with van der Waals surface area (Å²) in [5, 5.41) is 16.7. The highest BCUT2D eigenvalue weighted by Gasteiger charge is 2.18. The molecular formula is C17H16ClFN4OS3. The van der Waals surface area contributed by atoms with Gasteiger partial charge in [0.05, 0.1) is 16.0 Å². The van der Waals surface area contributed by atoms with Crippen molar-refractivity contribution in [1.29, 1.82) is 0 Å². The van der Waals surface area contributed by atoms with E-state index < -0.39 is 11.1 Å². The Morgan fingerprint density at radius 2 is 2.22 bits per heavy atom. The van der Waals surface area contributed by atoms with Gasteiger partial charge < -0.3 is 10.6 Å². The summed E-state index contributed by atoms with van der Waals surface area (Å²) in [6.45, 7) is 2.54. The van der Waals surface area contributed by atoms with E-state index in [2.05, 4.69) is 32.3 Å². The van der Waals surface area contributed by atoms with Gasteiger partial charge >= 0.3 is 0 Å². The van der Waals surface area contributed by atoms with Crippen molar-refractivity contribution in [2.75, 3.05) is 17.2 Å². The van der Waals surface area contributed by atoms with Gasteiger partial charge in [0, 0.05) is 11.4 Å². The summed E-state index contributed by atoms with van der Waals surface area (Å²) in [5.74, 6) is -0.690. The molecule has 0 saturated carbocycles. The monoisotopic (exact) mass is 442 g/mol. The third-order valence-electron chi connectivity index (χ3n) is 3.47. The Morgan fingerprint density at radius 1 is 1.37 bits per heavy atom. The molecule has 1 atom stereocenters. The van der Waals surface area contributed by atoms with Crippen LogP contribution in [0.4, 0.5) is 15.2 Å². The normalized spacial score (nSPS) is 12.0. The number of carbonyl (C=O) groups excluding carboxylic acids is 1. The molecule has 0 fully saturated rings. The molecule has 2 heterocycles. The Hall–Kier alpha value is -1.68. The molecule has 2 aromatic heterocycles. The molecule has 0 radical (unpaired) electrons. The number of rotatable bonds is 8. The lowest BCUT2D eigenvalue weighted by Gasteiger charge is -2.11. The van der Waals surface area contributed by atoms with E-state index in [1.165, 1.54) is 40.1 Å². The van der Waals surface area contributed by atoms with Crippen LogP contribution in [0.3, 0.4) is 0 Å². The molecule has 1 amide bonds. The standard InChI is InChI=1S/C17H16ClFN4OS3/c1-10(15(24)21-14-5-4-11(19)9-13(14)18)26-17-23-22-16(27-17)20-7-6-12-3-2-8-25-12/h2-5,8-10H,6-7H2,1H3,(H,20,22)(H,21,24). The van der Waals surface area contributed by atoms with Gasteiger partial charge in [-0.25, -0.2) is 4.39 Å². The van der Waals surface area contributed by atoms with E-state index in [-0.39, 0.29) is 10.9 Å². The molecule has 0 spiro atoms. The van der Waals surface area contributed by atoms with Crippen molar-refractivity contribution >= 4 is 62.8 Å². The molecule has 0 saturated heterocycles. The minimum Gasteiger partial charge on any atom is -0.360 e. The van der Waals surface area contributed by atoms with Crippen molar-refractivity contribution in [1.82, 2.24) is 10.2 Å². The number of carbonyl (C=O) groups is 1. The highest BCUT2D eigenvalue weighted by atomic mass is 35.5. The molecular weight excluding hydrogens is 427 g/mol. The molecule has 2 N–H and O–H groups in total. The van der Waals surface area contributed by atoms with Crippen LogP contribution in [0.2, 0.25) is 5.02 Å². The number of hydrogen-bond donors (Lipinski definition) is 2. The smallest absolute Gasteiger partial charge is 0.237 e. The Kier molecular flexibility index (Phi) is 7.06. The largest absolute Gasteiger partial charge is 0.360 e. The van der Waals surface area contributed by atoms with E-state index in [1.807, 2.05) is 6.07 Å². The number of thioether (sulfide) groups is 1. The molecule has 3 aromatic rings. The maximum Gasteiger partial charge on any atom is 0.237 e. The van der Waals surface area contributed by atoms with Gasteiger partial charge in [-0.15, -0.1) is 21.5 Å². The fraction of sp³-hybridized carbons (Fsp3) is 0.235. The Balaban J connectivity index is 1.49. The van der Waals surface area contributed by atoms with Crippen molar-refractivity contribution in [3.05, 3.63) is 51.4 Å². The lowest BCUT2D eigenvalue weighted by Crippen LogP contribution is -2.22. The van der Waals surface area contributed by atoms with Crippen molar-refractivity contribution < 1.29 is 9.18 Å². The van der Waals surface area contributed by atoms with E-state index in [1.54, 1.807) is 18.3 Å². The molecule has 5 nitrogen and oxygen atoms in total. The van der Waals surface area contributed by atoms with Crippen LogP contribution in [0.25, 0.3) is 0 Å². The Labute approximate surface area is 173 Å². The zero-order chi connectivity index (χ0) is 19.2. The SMILES string of the molecule is CC(Sc1nnc(NCCc2cccs2)s1)C(=O)Nc1ccc(F)cc1Cl. The van der Waals surface area contributed by atoms with Gasteiger partial charge in [-0.1, -0.05) is 40.8 Å². The maximum absolute atomic E-state index is 13.1. The fourth-order valence-electron chi connectivity index (χ4n) is 2.11. The highest BCUT2D eigenvalue weighted by Crippen LogP contribution is 2.30. The lowest BCUT2D eigenvalue weighted by molar-refractivity contribution is -0.115. The summed E-state index contributed by atoms with van der Waals surface area (Å²) in [6, 6.07) is 7.98. The van der Waals surface area contributed by atoms with Crippen LogP contribution in [0.1, 0.15) is 11.8 Å². The topological polar surface area (TPSA) is 66.9 Å². The zero-order valence-electron chi connectivity index (χ0n) is 14.2. The van der Waals surface area contributed by atoms with Gasteiger partial charge in [-0.3, -0.25) is 4.79 Å². The summed E-state index contributed by atoms with van der Waals surface area (Å²) < 4.78 is 13.8. The first kappa shape index (κ1) is 20.1. The van der Waals surface area contributed by atoms with Gasteiger partial charge in [0.2, 0.25) is 11.0 Å². The number of nitrogens with one attached hydrogen (secondary N) is 2. The van der Waals surface area contributed by atoms with Crippen LogP contribution in [-0.4, -0.2) is 27.9 Å². The second-order valence-corrected chi connectivity index (χ2v) is 9.51. The first-order valence-electron chi connectivity index (χ1n) is 8.03. The summed E-state index contributed by atoms with van der Waals surface area (Å²) >= 11 is 10.4. The van der Waals surface area contributed by atoms with Gasteiger partial charge in [0.25, 0.3) is 0 Å². The molecule has 0 aliphatic rings. The molecule has 10 heteroatoms. The van der Waals surface area contributed by atoms with Crippen LogP contribution >= 0.6 is 46.0 Å². The molecule has 3 rings (SSSR count). The van der Waals surface area contributed by atoms with Crippen molar-refractivity contribution in [3.8, 4) is 0 Å². The van der Waals surface area contributed by atoms with Crippen LogP contribution in [0.5, 0.6) is 0 Å². The van der Waals surface area contributed by atoms with E-state index in [4.69, 9.17) is 11.6 Å². The number of amides is 1. The second-order valence-electron chi connectivity index (χ2n) is 5.50. The molecule has 0 aliphatic heterocycles. The number of benzene rings is 1. The number of halogens is 2.